The Kier molecular flexibility index (Phi) is 4.99. The molecule has 7 heteroatoms. The van der Waals surface area contributed by atoms with Crippen LogP contribution in [-0.4, -0.2) is 27.5 Å². The third-order valence-electron chi connectivity index (χ3n) is 3.94. The fraction of sp³-hybridized carbons (Fsp3) is 0.353. The largest absolute Gasteiger partial charge is 0.382 e. The number of aromatic nitrogens is 2. The van der Waals surface area contributed by atoms with Gasteiger partial charge in [0.1, 0.15) is 0 Å². The summed E-state index contributed by atoms with van der Waals surface area (Å²) in [5.74, 6) is -0.160. The second-order valence-electron chi connectivity index (χ2n) is 5.66. The molecule has 6 nitrogen and oxygen atoms in total. The molecule has 2 aromatic rings. The minimum atomic E-state index is -0.583. The number of aryl methyl sites for hydroxylation is 2. The first kappa shape index (κ1) is 16.7. The minimum Gasteiger partial charge on any atom is -0.382 e. The monoisotopic (exact) mass is 390 g/mol. The van der Waals surface area contributed by atoms with Gasteiger partial charge in [-0.25, -0.2) is 0 Å². The highest BCUT2D eigenvalue weighted by atomic mass is 79.9. The summed E-state index contributed by atoms with van der Waals surface area (Å²) in [6, 6.07) is 7.80. The third kappa shape index (κ3) is 3.67. The van der Waals surface area contributed by atoms with Crippen molar-refractivity contribution >= 4 is 27.5 Å². The number of hydrogen-bond acceptors (Lipinski definition) is 4. The molecule has 0 radical (unpaired) electrons. The smallest absolute Gasteiger partial charge is 0.264 e. The summed E-state index contributed by atoms with van der Waals surface area (Å²) in [7, 11) is 0. The van der Waals surface area contributed by atoms with Crippen LogP contribution < -0.4 is 5.32 Å². The Bertz CT molecular complexity index is 785. The molecular weight excluding hydrogens is 372 g/mol. The summed E-state index contributed by atoms with van der Waals surface area (Å²) in [5.41, 5.74) is 3.68. The first-order valence-corrected chi connectivity index (χ1v) is 8.65. The number of oxime groups is 1. The van der Waals surface area contributed by atoms with E-state index in [0.717, 1.165) is 33.5 Å². The Morgan fingerprint density at radius 2 is 2.33 bits per heavy atom. The Labute approximate surface area is 149 Å². The predicted octanol–water partition coefficient (Wildman–Crippen LogP) is 2.78. The van der Waals surface area contributed by atoms with Crippen LogP contribution in [0.3, 0.4) is 0 Å². The molecule has 0 aliphatic carbocycles. The molecule has 0 saturated heterocycles. The lowest BCUT2D eigenvalue weighted by Gasteiger charge is -2.09. The number of halogens is 1. The lowest BCUT2D eigenvalue weighted by Crippen LogP contribution is -2.34. The fourth-order valence-electron chi connectivity index (χ4n) is 2.55. The topological polar surface area (TPSA) is 68.5 Å². The van der Waals surface area contributed by atoms with E-state index in [1.807, 2.05) is 49.0 Å². The lowest BCUT2D eigenvalue weighted by molar-refractivity contribution is -0.131. The molecule has 24 heavy (non-hydrogen) atoms. The van der Waals surface area contributed by atoms with Crippen molar-refractivity contribution in [3.8, 4) is 0 Å². The highest BCUT2D eigenvalue weighted by molar-refractivity contribution is 9.10. The maximum absolute atomic E-state index is 12.3. The van der Waals surface area contributed by atoms with Gasteiger partial charge in [0.2, 0.25) is 6.10 Å². The maximum Gasteiger partial charge on any atom is 0.264 e. The van der Waals surface area contributed by atoms with Crippen molar-refractivity contribution in [3.63, 3.8) is 0 Å². The maximum atomic E-state index is 12.3. The zero-order valence-electron chi connectivity index (χ0n) is 13.6. The molecule has 1 unspecified atom stereocenters. The summed E-state index contributed by atoms with van der Waals surface area (Å²) in [4.78, 5) is 17.6. The number of nitrogens with zero attached hydrogens (tertiary/aromatic N) is 3. The van der Waals surface area contributed by atoms with E-state index in [-0.39, 0.29) is 5.91 Å². The van der Waals surface area contributed by atoms with E-state index in [2.05, 4.69) is 31.5 Å². The van der Waals surface area contributed by atoms with E-state index in [9.17, 15) is 4.79 Å². The number of carbonyl (C=O) groups excluding carboxylic acids is 1. The van der Waals surface area contributed by atoms with Gasteiger partial charge in [-0.3, -0.25) is 9.48 Å². The van der Waals surface area contributed by atoms with Crippen molar-refractivity contribution in [1.29, 1.82) is 0 Å². The first-order chi connectivity index (χ1) is 11.6. The van der Waals surface area contributed by atoms with E-state index >= 15 is 0 Å². The Morgan fingerprint density at radius 3 is 3.04 bits per heavy atom. The van der Waals surface area contributed by atoms with Crippen molar-refractivity contribution in [3.05, 3.63) is 51.8 Å². The van der Waals surface area contributed by atoms with E-state index < -0.39 is 6.10 Å². The van der Waals surface area contributed by atoms with Crippen LogP contribution in [0.25, 0.3) is 0 Å². The van der Waals surface area contributed by atoms with Gasteiger partial charge >= 0.3 is 0 Å². The molecule has 0 bridgehead atoms. The molecule has 3 rings (SSSR count). The van der Waals surface area contributed by atoms with Gasteiger partial charge < -0.3 is 10.2 Å². The molecule has 1 aliphatic heterocycles. The van der Waals surface area contributed by atoms with E-state index in [1.165, 1.54) is 0 Å². The van der Waals surface area contributed by atoms with E-state index in [4.69, 9.17) is 4.84 Å². The number of amides is 1. The van der Waals surface area contributed by atoms with Gasteiger partial charge in [-0.2, -0.15) is 5.10 Å². The van der Waals surface area contributed by atoms with Gasteiger partial charge in [0.25, 0.3) is 5.91 Å². The molecule has 1 atom stereocenters. The normalized spacial score (nSPS) is 16.6. The number of nitrogens with one attached hydrogen (secondary N) is 1. The molecule has 1 aromatic heterocycles. The standard InChI is InChI=1S/C17H19BrN4O2/c1-3-22-10-13(11(2)20-22)9-19-17(23)16-8-15(21-24-16)12-5-4-6-14(18)7-12/h4-7,10,16H,3,8-9H2,1-2H3,(H,19,23). The van der Waals surface area contributed by atoms with Crippen molar-refractivity contribution < 1.29 is 9.63 Å². The number of rotatable bonds is 5. The molecule has 1 aliphatic rings. The van der Waals surface area contributed by atoms with Crippen molar-refractivity contribution in [2.24, 2.45) is 5.16 Å². The van der Waals surface area contributed by atoms with Crippen LogP contribution in [0.4, 0.5) is 0 Å². The summed E-state index contributed by atoms with van der Waals surface area (Å²) in [5, 5.41) is 11.3. The van der Waals surface area contributed by atoms with Crippen LogP contribution in [0.15, 0.2) is 40.1 Å². The highest BCUT2D eigenvalue weighted by Gasteiger charge is 2.28. The van der Waals surface area contributed by atoms with Crippen LogP contribution >= 0.6 is 15.9 Å². The first-order valence-electron chi connectivity index (χ1n) is 7.86. The van der Waals surface area contributed by atoms with E-state index in [1.54, 1.807) is 0 Å². The Hall–Kier alpha value is -2.15. The molecule has 0 spiro atoms. The molecule has 0 saturated carbocycles. The fourth-order valence-corrected chi connectivity index (χ4v) is 2.95. The van der Waals surface area contributed by atoms with Crippen molar-refractivity contribution in [1.82, 2.24) is 15.1 Å². The highest BCUT2D eigenvalue weighted by Crippen LogP contribution is 2.20. The SMILES string of the molecule is CCn1cc(CNC(=O)C2CC(c3cccc(Br)c3)=NO2)c(C)n1. The van der Waals surface area contributed by atoms with Crippen LogP contribution in [0.2, 0.25) is 0 Å². The number of carbonyl (C=O) groups is 1. The molecule has 126 valence electrons. The second-order valence-corrected chi connectivity index (χ2v) is 6.58. The Balaban J connectivity index is 1.56. The zero-order valence-corrected chi connectivity index (χ0v) is 15.2. The summed E-state index contributed by atoms with van der Waals surface area (Å²) in [6.45, 7) is 5.22. The van der Waals surface area contributed by atoms with Crippen LogP contribution in [-0.2, 0) is 22.7 Å². The van der Waals surface area contributed by atoms with Gasteiger partial charge in [0.15, 0.2) is 0 Å². The number of hydrogen-bond donors (Lipinski definition) is 1. The summed E-state index contributed by atoms with van der Waals surface area (Å²) >= 11 is 3.44. The zero-order chi connectivity index (χ0) is 17.1. The second kappa shape index (κ2) is 7.17. The average molecular weight is 391 g/mol. The predicted molar refractivity (Wildman–Crippen MR) is 94.7 cm³/mol. The Morgan fingerprint density at radius 1 is 1.50 bits per heavy atom. The molecule has 1 aromatic carbocycles. The van der Waals surface area contributed by atoms with Gasteiger partial charge in [-0.15, -0.1) is 0 Å². The van der Waals surface area contributed by atoms with Gasteiger partial charge in [-0.1, -0.05) is 33.2 Å². The van der Waals surface area contributed by atoms with Gasteiger partial charge in [0.05, 0.1) is 11.4 Å². The summed E-state index contributed by atoms with van der Waals surface area (Å²) in [6.07, 6.45) is 1.84. The molecular formula is C17H19BrN4O2. The van der Waals surface area contributed by atoms with Crippen LogP contribution in [0, 0.1) is 6.92 Å². The molecule has 0 fully saturated rings. The number of benzene rings is 1. The molecule has 1 amide bonds. The average Bonchev–Trinajstić information content (AvgIpc) is 3.19. The van der Waals surface area contributed by atoms with Crippen LogP contribution in [0.1, 0.15) is 30.2 Å². The molecule has 2 heterocycles. The summed E-state index contributed by atoms with van der Waals surface area (Å²) < 4.78 is 2.83. The van der Waals surface area contributed by atoms with Gasteiger partial charge in [-0.05, 0) is 26.0 Å². The lowest BCUT2D eigenvalue weighted by atomic mass is 10.0. The molecule has 1 N–H and O–H groups in total. The van der Waals surface area contributed by atoms with Gasteiger partial charge in [0, 0.05) is 41.3 Å². The van der Waals surface area contributed by atoms with Crippen LogP contribution in [0.5, 0.6) is 0 Å². The van der Waals surface area contributed by atoms with E-state index in [0.29, 0.717) is 13.0 Å². The third-order valence-corrected chi connectivity index (χ3v) is 4.44. The van der Waals surface area contributed by atoms with Crippen molar-refractivity contribution in [2.45, 2.75) is 39.5 Å². The minimum absolute atomic E-state index is 0.160. The van der Waals surface area contributed by atoms with Crippen molar-refractivity contribution in [2.75, 3.05) is 0 Å². The quantitative estimate of drug-likeness (QED) is 0.853.